The summed E-state index contributed by atoms with van der Waals surface area (Å²) in [5.41, 5.74) is 0.514. The summed E-state index contributed by atoms with van der Waals surface area (Å²) in [4.78, 5) is 28.8. The van der Waals surface area contributed by atoms with E-state index in [9.17, 15) is 14.9 Å². The molecule has 174 valence electrons. The Bertz CT molecular complexity index is 1730. The van der Waals surface area contributed by atoms with E-state index in [1.807, 2.05) is 0 Å². The Morgan fingerprint density at radius 2 is 1.94 bits per heavy atom. The highest BCUT2D eigenvalue weighted by Crippen LogP contribution is 2.35. The maximum atomic E-state index is 13.3. The summed E-state index contributed by atoms with van der Waals surface area (Å²) >= 11 is 12.2. The summed E-state index contributed by atoms with van der Waals surface area (Å²) in [6.07, 6.45) is 1.28. The van der Waals surface area contributed by atoms with Gasteiger partial charge in [-0.15, -0.1) is 0 Å². The molecular weight excluding hydrogens is 495 g/mol. The van der Waals surface area contributed by atoms with E-state index in [2.05, 4.69) is 10.1 Å². The SMILES string of the molecule is COc1c(Cl)cc(C=Nn2c(-c3cc4cc(Cl)ccc4o3)nc3ccccc3c2=O)cc1[N+](=O)[O-]. The third-order valence-corrected chi connectivity index (χ3v) is 5.74. The zero-order valence-electron chi connectivity index (χ0n) is 17.9. The number of furan rings is 1. The molecule has 11 heteroatoms. The second kappa shape index (κ2) is 8.86. The molecule has 0 saturated heterocycles. The van der Waals surface area contributed by atoms with E-state index in [-0.39, 0.29) is 27.8 Å². The molecule has 0 N–H and O–H groups in total. The first kappa shape index (κ1) is 22.6. The molecule has 5 aromatic rings. The van der Waals surface area contributed by atoms with Crippen LogP contribution in [0.4, 0.5) is 5.69 Å². The zero-order chi connectivity index (χ0) is 24.7. The number of nitro groups is 1. The van der Waals surface area contributed by atoms with Gasteiger partial charge in [0, 0.05) is 22.0 Å². The number of fused-ring (bicyclic) bond motifs is 2. The number of halogens is 2. The number of nitro benzene ring substituents is 1. The summed E-state index contributed by atoms with van der Waals surface area (Å²) in [6.45, 7) is 0. The van der Waals surface area contributed by atoms with Gasteiger partial charge >= 0.3 is 5.69 Å². The van der Waals surface area contributed by atoms with Gasteiger partial charge in [-0.1, -0.05) is 35.3 Å². The number of benzene rings is 3. The molecule has 3 aromatic carbocycles. The van der Waals surface area contributed by atoms with Crippen molar-refractivity contribution in [2.45, 2.75) is 0 Å². The Kier molecular flexibility index (Phi) is 5.72. The van der Waals surface area contributed by atoms with Gasteiger partial charge < -0.3 is 9.15 Å². The third kappa shape index (κ3) is 4.11. The van der Waals surface area contributed by atoms with Crippen molar-refractivity contribution in [3.8, 4) is 17.3 Å². The molecule has 0 amide bonds. The largest absolute Gasteiger partial charge is 0.489 e. The molecule has 5 rings (SSSR count). The molecule has 0 saturated carbocycles. The molecule has 0 aliphatic rings. The lowest BCUT2D eigenvalue weighted by Gasteiger charge is -2.08. The minimum absolute atomic E-state index is 0.0292. The summed E-state index contributed by atoms with van der Waals surface area (Å²) in [7, 11) is 1.29. The van der Waals surface area contributed by atoms with Crippen LogP contribution in [0.2, 0.25) is 10.0 Å². The Labute approximate surface area is 206 Å². The summed E-state index contributed by atoms with van der Waals surface area (Å²) in [5.74, 6) is 0.368. The first-order valence-corrected chi connectivity index (χ1v) is 10.9. The van der Waals surface area contributed by atoms with Gasteiger partial charge in [-0.25, -0.2) is 4.98 Å². The molecule has 9 nitrogen and oxygen atoms in total. The molecule has 0 aliphatic heterocycles. The number of methoxy groups -OCH3 is 1. The molecule has 2 heterocycles. The lowest BCUT2D eigenvalue weighted by Crippen LogP contribution is -2.20. The average Bonchev–Trinajstić information content (AvgIpc) is 3.26. The maximum Gasteiger partial charge on any atom is 0.313 e. The third-order valence-electron chi connectivity index (χ3n) is 5.22. The lowest BCUT2D eigenvalue weighted by atomic mass is 10.2. The van der Waals surface area contributed by atoms with Gasteiger partial charge in [0.05, 0.1) is 34.2 Å². The van der Waals surface area contributed by atoms with E-state index >= 15 is 0 Å². The Morgan fingerprint density at radius 1 is 1.14 bits per heavy atom. The molecule has 0 unspecified atom stereocenters. The van der Waals surface area contributed by atoms with Crippen LogP contribution in [0.3, 0.4) is 0 Å². The molecule has 0 bridgehead atoms. The molecule has 35 heavy (non-hydrogen) atoms. The number of rotatable bonds is 5. The van der Waals surface area contributed by atoms with Crippen molar-refractivity contribution in [3.05, 3.63) is 96.7 Å². The predicted molar refractivity (Wildman–Crippen MR) is 134 cm³/mol. The number of para-hydroxylation sites is 1. The molecule has 0 spiro atoms. The first-order valence-electron chi connectivity index (χ1n) is 10.1. The van der Waals surface area contributed by atoms with Crippen molar-refractivity contribution < 1.29 is 14.1 Å². The molecule has 0 fully saturated rings. The minimum Gasteiger partial charge on any atom is -0.489 e. The van der Waals surface area contributed by atoms with Crippen molar-refractivity contribution in [3.63, 3.8) is 0 Å². The van der Waals surface area contributed by atoms with Crippen LogP contribution in [-0.2, 0) is 0 Å². The highest BCUT2D eigenvalue weighted by Gasteiger charge is 2.20. The van der Waals surface area contributed by atoms with Crippen LogP contribution in [0.15, 0.2) is 75.0 Å². The van der Waals surface area contributed by atoms with Crippen LogP contribution in [0, 0.1) is 10.1 Å². The number of aromatic nitrogens is 2. The van der Waals surface area contributed by atoms with Crippen molar-refractivity contribution in [1.82, 2.24) is 9.66 Å². The van der Waals surface area contributed by atoms with Gasteiger partial charge in [0.1, 0.15) is 5.58 Å². The second-order valence-corrected chi connectivity index (χ2v) is 8.26. The van der Waals surface area contributed by atoms with Crippen molar-refractivity contribution in [1.29, 1.82) is 0 Å². The van der Waals surface area contributed by atoms with E-state index in [0.29, 0.717) is 27.3 Å². The van der Waals surface area contributed by atoms with E-state index in [0.717, 1.165) is 10.1 Å². The van der Waals surface area contributed by atoms with E-state index in [4.69, 9.17) is 32.4 Å². The monoisotopic (exact) mass is 508 g/mol. The second-order valence-electron chi connectivity index (χ2n) is 7.42. The standard InChI is InChI=1S/C24H14Cl2N4O5/c1-34-22-17(26)8-13(9-19(22)30(32)33)12-27-29-23(28-18-5-3-2-4-16(18)24(29)31)21-11-14-10-15(25)6-7-20(14)35-21/h2-12H,1H3. The van der Waals surface area contributed by atoms with Crippen LogP contribution in [0.25, 0.3) is 33.5 Å². The Hall–Kier alpha value is -4.21. The van der Waals surface area contributed by atoms with E-state index < -0.39 is 10.5 Å². The molecular formula is C24H14Cl2N4O5. The fourth-order valence-corrected chi connectivity index (χ4v) is 4.13. The van der Waals surface area contributed by atoms with Crippen LogP contribution in [0.1, 0.15) is 5.56 Å². The van der Waals surface area contributed by atoms with E-state index in [1.165, 1.54) is 25.5 Å². The van der Waals surface area contributed by atoms with Gasteiger partial charge in [0.2, 0.25) is 11.6 Å². The lowest BCUT2D eigenvalue weighted by molar-refractivity contribution is -0.385. The quantitative estimate of drug-likeness (QED) is 0.165. The van der Waals surface area contributed by atoms with Crippen LogP contribution >= 0.6 is 23.2 Å². The number of hydrogen-bond acceptors (Lipinski definition) is 7. The van der Waals surface area contributed by atoms with Crippen LogP contribution in [-0.4, -0.2) is 27.9 Å². The van der Waals surface area contributed by atoms with Gasteiger partial charge in [0.25, 0.3) is 5.56 Å². The molecule has 0 aliphatic carbocycles. The Morgan fingerprint density at radius 3 is 2.71 bits per heavy atom. The van der Waals surface area contributed by atoms with Crippen LogP contribution < -0.4 is 10.3 Å². The fourth-order valence-electron chi connectivity index (χ4n) is 3.65. The average molecular weight is 509 g/mol. The number of nitrogens with zero attached hydrogens (tertiary/aromatic N) is 4. The van der Waals surface area contributed by atoms with Gasteiger partial charge in [-0.05, 0) is 42.5 Å². The normalized spacial score (nSPS) is 11.5. The van der Waals surface area contributed by atoms with Crippen molar-refractivity contribution in [2.24, 2.45) is 5.10 Å². The highest BCUT2D eigenvalue weighted by atomic mass is 35.5. The number of hydrogen-bond donors (Lipinski definition) is 0. The number of ether oxygens (including phenoxy) is 1. The van der Waals surface area contributed by atoms with Gasteiger partial charge in [-0.3, -0.25) is 14.9 Å². The van der Waals surface area contributed by atoms with Gasteiger partial charge in [0.15, 0.2) is 5.76 Å². The maximum absolute atomic E-state index is 13.3. The first-order chi connectivity index (χ1) is 16.9. The fraction of sp³-hybridized carbons (Fsp3) is 0.0417. The smallest absolute Gasteiger partial charge is 0.313 e. The summed E-state index contributed by atoms with van der Waals surface area (Å²) < 4.78 is 12.0. The summed E-state index contributed by atoms with van der Waals surface area (Å²) in [6, 6.07) is 16.4. The predicted octanol–water partition coefficient (Wildman–Crippen LogP) is 5.92. The topological polar surface area (TPSA) is 113 Å². The molecule has 0 radical (unpaired) electrons. The van der Waals surface area contributed by atoms with Crippen LogP contribution in [0.5, 0.6) is 5.75 Å². The zero-order valence-corrected chi connectivity index (χ0v) is 19.4. The van der Waals surface area contributed by atoms with Gasteiger partial charge in [-0.2, -0.15) is 9.78 Å². The molecule has 2 aromatic heterocycles. The Balaban J connectivity index is 1.71. The minimum atomic E-state index is -0.614. The van der Waals surface area contributed by atoms with Crippen molar-refractivity contribution in [2.75, 3.05) is 7.11 Å². The molecule has 0 atom stereocenters. The summed E-state index contributed by atoms with van der Waals surface area (Å²) in [5, 5.41) is 17.4. The van der Waals surface area contributed by atoms with Crippen molar-refractivity contribution >= 4 is 57.0 Å². The van der Waals surface area contributed by atoms with E-state index in [1.54, 1.807) is 48.5 Å². The highest BCUT2D eigenvalue weighted by molar-refractivity contribution is 6.32.